The average Bonchev–Trinajstić information content (AvgIpc) is 2.55. The molecule has 0 bridgehead atoms. The quantitative estimate of drug-likeness (QED) is 0.863. The van der Waals surface area contributed by atoms with Crippen LogP contribution in [0.4, 0.5) is 0 Å². The Morgan fingerprint density at radius 1 is 1.43 bits per heavy atom. The van der Waals surface area contributed by atoms with Gasteiger partial charge in [-0.2, -0.15) is 0 Å². The number of amides is 1. The first-order valence-electron chi connectivity index (χ1n) is 8.46. The van der Waals surface area contributed by atoms with E-state index in [0.717, 1.165) is 44.5 Å². The second kappa shape index (κ2) is 6.59. The molecule has 2 aliphatic rings. The number of hydrogen-bond acceptors (Lipinski definition) is 4. The van der Waals surface area contributed by atoms with Crippen molar-refractivity contribution in [1.82, 2.24) is 4.90 Å². The SMILES string of the molecule is CCOC1CC(O)C12CCN(Cc1cccc(C(N)=O)c1)CC2. The van der Waals surface area contributed by atoms with Gasteiger partial charge in [0.2, 0.25) is 5.91 Å². The fourth-order valence-electron chi connectivity index (χ4n) is 4.03. The molecule has 126 valence electrons. The van der Waals surface area contributed by atoms with E-state index < -0.39 is 0 Å². The van der Waals surface area contributed by atoms with E-state index in [1.165, 1.54) is 0 Å². The summed E-state index contributed by atoms with van der Waals surface area (Å²) in [5.41, 5.74) is 6.96. The van der Waals surface area contributed by atoms with Crippen LogP contribution < -0.4 is 5.73 Å². The molecule has 5 nitrogen and oxygen atoms in total. The molecule has 2 unspecified atom stereocenters. The molecule has 2 fully saturated rings. The Morgan fingerprint density at radius 3 is 2.78 bits per heavy atom. The summed E-state index contributed by atoms with van der Waals surface area (Å²) in [5, 5.41) is 10.2. The Labute approximate surface area is 137 Å². The number of rotatable bonds is 5. The Bertz CT molecular complexity index is 565. The molecule has 1 aromatic carbocycles. The summed E-state index contributed by atoms with van der Waals surface area (Å²) in [6.07, 6.45) is 2.69. The van der Waals surface area contributed by atoms with Crippen molar-refractivity contribution >= 4 is 5.91 Å². The third-order valence-electron chi connectivity index (χ3n) is 5.51. The molecule has 1 saturated carbocycles. The van der Waals surface area contributed by atoms with E-state index in [-0.39, 0.29) is 23.5 Å². The lowest BCUT2D eigenvalue weighted by atomic mass is 9.58. The topological polar surface area (TPSA) is 75.8 Å². The van der Waals surface area contributed by atoms with Gasteiger partial charge in [-0.25, -0.2) is 0 Å². The molecular formula is C18H26N2O3. The maximum Gasteiger partial charge on any atom is 0.248 e. The van der Waals surface area contributed by atoms with Crippen LogP contribution in [0.1, 0.15) is 42.1 Å². The zero-order valence-electron chi connectivity index (χ0n) is 13.7. The fourth-order valence-corrected chi connectivity index (χ4v) is 4.03. The van der Waals surface area contributed by atoms with Crippen molar-refractivity contribution in [2.75, 3.05) is 19.7 Å². The monoisotopic (exact) mass is 318 g/mol. The van der Waals surface area contributed by atoms with Gasteiger partial charge in [-0.15, -0.1) is 0 Å². The Kier molecular flexibility index (Phi) is 4.71. The molecule has 0 radical (unpaired) electrons. The zero-order chi connectivity index (χ0) is 16.4. The van der Waals surface area contributed by atoms with Gasteiger partial charge in [0.05, 0.1) is 12.2 Å². The van der Waals surface area contributed by atoms with Crippen LogP contribution in [-0.2, 0) is 11.3 Å². The number of primary amides is 1. The van der Waals surface area contributed by atoms with E-state index >= 15 is 0 Å². The minimum atomic E-state index is -0.387. The van der Waals surface area contributed by atoms with Gasteiger partial charge in [-0.05, 0) is 50.6 Å². The van der Waals surface area contributed by atoms with Crippen molar-refractivity contribution in [3.8, 4) is 0 Å². The second-order valence-corrected chi connectivity index (χ2v) is 6.77. The molecule has 1 aliphatic heterocycles. The first-order chi connectivity index (χ1) is 11.0. The molecule has 23 heavy (non-hydrogen) atoms. The van der Waals surface area contributed by atoms with Crippen LogP contribution >= 0.6 is 0 Å². The average molecular weight is 318 g/mol. The van der Waals surface area contributed by atoms with Crippen LogP contribution in [0.3, 0.4) is 0 Å². The summed E-state index contributed by atoms with van der Waals surface area (Å²) < 4.78 is 5.81. The van der Waals surface area contributed by atoms with E-state index in [1.807, 2.05) is 25.1 Å². The minimum absolute atomic E-state index is 0.0401. The Hall–Kier alpha value is -1.43. The second-order valence-electron chi connectivity index (χ2n) is 6.77. The van der Waals surface area contributed by atoms with Crippen LogP contribution in [0, 0.1) is 5.41 Å². The van der Waals surface area contributed by atoms with Crippen molar-refractivity contribution in [3.05, 3.63) is 35.4 Å². The van der Waals surface area contributed by atoms with E-state index in [2.05, 4.69) is 4.90 Å². The summed E-state index contributed by atoms with van der Waals surface area (Å²) in [6, 6.07) is 7.52. The van der Waals surface area contributed by atoms with E-state index in [0.29, 0.717) is 12.2 Å². The smallest absolute Gasteiger partial charge is 0.248 e. The summed E-state index contributed by atoms with van der Waals surface area (Å²) >= 11 is 0. The highest BCUT2D eigenvalue weighted by Gasteiger charge is 2.55. The number of aliphatic hydroxyl groups is 1. The van der Waals surface area contributed by atoms with Crippen LogP contribution in [0.5, 0.6) is 0 Å². The number of piperidine rings is 1. The number of aliphatic hydroxyl groups excluding tert-OH is 1. The van der Waals surface area contributed by atoms with Crippen molar-refractivity contribution in [1.29, 1.82) is 0 Å². The van der Waals surface area contributed by atoms with Crippen molar-refractivity contribution in [2.24, 2.45) is 11.1 Å². The van der Waals surface area contributed by atoms with Crippen molar-refractivity contribution < 1.29 is 14.6 Å². The highest BCUT2D eigenvalue weighted by molar-refractivity contribution is 5.92. The van der Waals surface area contributed by atoms with Gasteiger partial charge in [-0.3, -0.25) is 9.69 Å². The standard InChI is InChI=1S/C18H26N2O3/c1-2-23-16-11-15(21)18(16)6-8-20(9-7-18)12-13-4-3-5-14(10-13)17(19)22/h3-5,10,15-16,21H,2,6-9,11-12H2,1H3,(H2,19,22). The van der Waals surface area contributed by atoms with Crippen LogP contribution in [0.2, 0.25) is 0 Å². The van der Waals surface area contributed by atoms with Gasteiger partial charge < -0.3 is 15.6 Å². The number of ether oxygens (including phenoxy) is 1. The predicted octanol–water partition coefficient (Wildman–Crippen LogP) is 1.54. The van der Waals surface area contributed by atoms with Crippen LogP contribution in [0.15, 0.2) is 24.3 Å². The maximum atomic E-state index is 11.3. The number of benzene rings is 1. The van der Waals surface area contributed by atoms with Gasteiger partial charge in [0.1, 0.15) is 0 Å². The molecule has 3 N–H and O–H groups in total. The maximum absolute atomic E-state index is 11.3. The highest BCUT2D eigenvalue weighted by Crippen LogP contribution is 2.51. The van der Waals surface area contributed by atoms with E-state index in [1.54, 1.807) is 6.07 Å². The molecule has 1 heterocycles. The summed E-state index contributed by atoms with van der Waals surface area (Å²) in [7, 11) is 0. The first kappa shape index (κ1) is 16.4. The third-order valence-corrected chi connectivity index (χ3v) is 5.51. The van der Waals surface area contributed by atoms with Gasteiger partial charge in [0.15, 0.2) is 0 Å². The molecule has 1 spiro atoms. The lowest BCUT2D eigenvalue weighted by Gasteiger charge is -2.56. The summed E-state index contributed by atoms with van der Waals surface area (Å²) in [5.74, 6) is -0.387. The first-order valence-corrected chi connectivity index (χ1v) is 8.46. The Morgan fingerprint density at radius 2 is 2.17 bits per heavy atom. The number of carbonyl (C=O) groups is 1. The Balaban J connectivity index is 1.59. The molecule has 1 aromatic rings. The number of nitrogens with zero attached hydrogens (tertiary/aromatic N) is 1. The van der Waals surface area contributed by atoms with Gasteiger partial charge in [0.25, 0.3) is 0 Å². The predicted molar refractivity (Wildman–Crippen MR) is 87.9 cm³/mol. The number of likely N-dealkylation sites (tertiary alicyclic amines) is 1. The molecular weight excluding hydrogens is 292 g/mol. The third kappa shape index (κ3) is 3.13. The lowest BCUT2D eigenvalue weighted by molar-refractivity contribution is -0.209. The molecule has 1 amide bonds. The van der Waals surface area contributed by atoms with Gasteiger partial charge in [0, 0.05) is 30.6 Å². The molecule has 1 aliphatic carbocycles. The summed E-state index contributed by atoms with van der Waals surface area (Å²) in [4.78, 5) is 13.7. The molecule has 3 rings (SSSR count). The highest BCUT2D eigenvalue weighted by atomic mass is 16.5. The van der Waals surface area contributed by atoms with Crippen LogP contribution in [-0.4, -0.2) is 47.8 Å². The summed E-state index contributed by atoms with van der Waals surface area (Å²) in [6.45, 7) is 5.43. The molecule has 1 saturated heterocycles. The van der Waals surface area contributed by atoms with Crippen molar-refractivity contribution in [2.45, 2.75) is 44.9 Å². The normalized spacial score (nSPS) is 26.9. The lowest BCUT2D eigenvalue weighted by Crippen LogP contribution is -2.62. The van der Waals surface area contributed by atoms with E-state index in [4.69, 9.17) is 10.5 Å². The van der Waals surface area contributed by atoms with Gasteiger partial charge >= 0.3 is 0 Å². The van der Waals surface area contributed by atoms with Gasteiger partial charge in [-0.1, -0.05) is 12.1 Å². The van der Waals surface area contributed by atoms with Crippen molar-refractivity contribution in [3.63, 3.8) is 0 Å². The largest absolute Gasteiger partial charge is 0.392 e. The fraction of sp³-hybridized carbons (Fsp3) is 0.611. The molecule has 2 atom stereocenters. The van der Waals surface area contributed by atoms with Crippen LogP contribution in [0.25, 0.3) is 0 Å². The number of hydrogen-bond donors (Lipinski definition) is 2. The number of carbonyl (C=O) groups excluding carboxylic acids is 1. The number of nitrogens with two attached hydrogens (primary N) is 1. The molecule has 0 aromatic heterocycles. The minimum Gasteiger partial charge on any atom is -0.392 e. The molecule has 5 heteroatoms. The zero-order valence-corrected chi connectivity index (χ0v) is 13.7. The van der Waals surface area contributed by atoms with E-state index in [9.17, 15) is 9.90 Å².